The smallest absolute Gasteiger partial charge is 0.293 e. The highest BCUT2D eigenvalue weighted by Crippen LogP contribution is 2.26. The van der Waals surface area contributed by atoms with Gasteiger partial charge in [0.05, 0.1) is 6.26 Å². The van der Waals surface area contributed by atoms with Gasteiger partial charge in [0, 0.05) is 11.1 Å². The van der Waals surface area contributed by atoms with Crippen LogP contribution in [-0.4, -0.2) is 16.1 Å². The summed E-state index contributed by atoms with van der Waals surface area (Å²) < 4.78 is 5.13. The number of aromatic nitrogens is 2. The van der Waals surface area contributed by atoms with E-state index in [9.17, 15) is 4.79 Å². The van der Waals surface area contributed by atoms with Crippen LogP contribution in [0.15, 0.2) is 47.1 Å². The molecular weight excluding hydrogens is 274 g/mol. The number of rotatable bonds is 3. The number of hydrogen-bond donors (Lipinski definition) is 1. The summed E-state index contributed by atoms with van der Waals surface area (Å²) in [6.45, 7) is 1.81. The predicted octanol–water partition coefficient (Wildman–Crippen LogP) is 3.36. The van der Waals surface area contributed by atoms with Crippen molar-refractivity contribution in [3.63, 3.8) is 0 Å². The van der Waals surface area contributed by atoms with Crippen molar-refractivity contribution in [2.75, 3.05) is 5.32 Å². The quantitative estimate of drug-likeness (QED) is 0.801. The largest absolute Gasteiger partial charge is 0.459 e. The molecule has 5 nitrogen and oxygen atoms in total. The molecule has 0 atom stereocenters. The van der Waals surface area contributed by atoms with Gasteiger partial charge in [0.1, 0.15) is 5.01 Å². The SMILES string of the molecule is Cc1ccoc1C(=O)Nc1nnc(-c2ccccc2)s1. The summed E-state index contributed by atoms with van der Waals surface area (Å²) in [5.74, 6) is -0.0234. The van der Waals surface area contributed by atoms with Crippen molar-refractivity contribution in [1.82, 2.24) is 10.2 Å². The first kappa shape index (κ1) is 12.6. The molecule has 0 saturated heterocycles. The Morgan fingerprint density at radius 3 is 2.70 bits per heavy atom. The Kier molecular flexibility index (Phi) is 3.30. The Morgan fingerprint density at radius 1 is 1.20 bits per heavy atom. The van der Waals surface area contributed by atoms with Crippen molar-refractivity contribution in [2.24, 2.45) is 0 Å². The third-order valence-corrected chi connectivity index (χ3v) is 3.62. The van der Waals surface area contributed by atoms with Crippen LogP contribution < -0.4 is 5.32 Å². The van der Waals surface area contributed by atoms with Gasteiger partial charge in [-0.05, 0) is 13.0 Å². The maximum Gasteiger partial charge on any atom is 0.293 e. The fraction of sp³-hybridized carbons (Fsp3) is 0.0714. The molecule has 0 aliphatic heterocycles. The minimum atomic E-state index is -0.316. The number of carbonyl (C=O) groups excluding carboxylic acids is 1. The van der Waals surface area contributed by atoms with Crippen LogP contribution in [0.5, 0.6) is 0 Å². The van der Waals surface area contributed by atoms with Crippen molar-refractivity contribution in [3.05, 3.63) is 54.0 Å². The molecule has 2 heterocycles. The third kappa shape index (κ3) is 2.46. The Balaban J connectivity index is 1.78. The van der Waals surface area contributed by atoms with E-state index >= 15 is 0 Å². The van der Waals surface area contributed by atoms with Gasteiger partial charge in [-0.15, -0.1) is 10.2 Å². The van der Waals surface area contributed by atoms with E-state index in [-0.39, 0.29) is 5.91 Å². The molecule has 1 aromatic carbocycles. The zero-order valence-corrected chi connectivity index (χ0v) is 11.5. The van der Waals surface area contributed by atoms with Gasteiger partial charge in [0.25, 0.3) is 5.91 Å². The Hall–Kier alpha value is -2.47. The summed E-state index contributed by atoms with van der Waals surface area (Å²) in [5.41, 5.74) is 1.76. The van der Waals surface area contributed by atoms with Crippen LogP contribution in [0.1, 0.15) is 16.1 Å². The molecule has 0 aliphatic rings. The molecule has 0 bridgehead atoms. The van der Waals surface area contributed by atoms with E-state index in [1.54, 1.807) is 6.07 Å². The lowest BCUT2D eigenvalue weighted by Crippen LogP contribution is -2.11. The van der Waals surface area contributed by atoms with E-state index in [4.69, 9.17) is 4.42 Å². The molecule has 3 rings (SSSR count). The standard InChI is InChI=1S/C14H11N3O2S/c1-9-7-8-19-11(9)12(18)15-14-17-16-13(20-14)10-5-3-2-4-6-10/h2-8H,1H3,(H,15,17,18). The van der Waals surface area contributed by atoms with Gasteiger partial charge in [-0.2, -0.15) is 0 Å². The molecule has 0 radical (unpaired) electrons. The van der Waals surface area contributed by atoms with E-state index in [1.165, 1.54) is 17.6 Å². The second-order valence-corrected chi connectivity index (χ2v) is 5.14. The normalized spacial score (nSPS) is 10.4. The average molecular weight is 285 g/mol. The Labute approximate surface area is 119 Å². The molecule has 0 spiro atoms. The van der Waals surface area contributed by atoms with Crippen LogP contribution >= 0.6 is 11.3 Å². The zero-order valence-electron chi connectivity index (χ0n) is 10.7. The maximum atomic E-state index is 12.0. The second kappa shape index (κ2) is 5.26. The first-order chi connectivity index (χ1) is 9.74. The van der Waals surface area contributed by atoms with Crippen LogP contribution in [0, 0.1) is 6.92 Å². The maximum absolute atomic E-state index is 12.0. The Morgan fingerprint density at radius 2 is 2.00 bits per heavy atom. The lowest BCUT2D eigenvalue weighted by atomic mass is 10.2. The number of carbonyl (C=O) groups is 1. The van der Waals surface area contributed by atoms with Crippen LogP contribution in [0.3, 0.4) is 0 Å². The molecule has 20 heavy (non-hydrogen) atoms. The van der Waals surface area contributed by atoms with Crippen molar-refractivity contribution in [1.29, 1.82) is 0 Å². The van der Waals surface area contributed by atoms with Gasteiger partial charge >= 0.3 is 0 Å². The van der Waals surface area contributed by atoms with Gasteiger partial charge in [-0.3, -0.25) is 10.1 Å². The van der Waals surface area contributed by atoms with Crippen molar-refractivity contribution >= 4 is 22.4 Å². The van der Waals surface area contributed by atoms with E-state index < -0.39 is 0 Å². The number of anilines is 1. The van der Waals surface area contributed by atoms with Gasteiger partial charge in [0.2, 0.25) is 5.13 Å². The summed E-state index contributed by atoms with van der Waals surface area (Å²) in [7, 11) is 0. The third-order valence-electron chi connectivity index (χ3n) is 2.73. The molecule has 2 aromatic heterocycles. The highest BCUT2D eigenvalue weighted by Gasteiger charge is 2.15. The minimum absolute atomic E-state index is 0.293. The molecule has 3 aromatic rings. The topological polar surface area (TPSA) is 68.0 Å². The van der Waals surface area contributed by atoms with Crippen LogP contribution in [0.25, 0.3) is 10.6 Å². The minimum Gasteiger partial charge on any atom is -0.459 e. The molecule has 6 heteroatoms. The first-order valence-electron chi connectivity index (χ1n) is 5.98. The number of furan rings is 1. The molecule has 0 fully saturated rings. The number of hydrogen-bond acceptors (Lipinski definition) is 5. The molecule has 0 saturated carbocycles. The summed E-state index contributed by atoms with van der Waals surface area (Å²) >= 11 is 1.32. The molecule has 1 amide bonds. The highest BCUT2D eigenvalue weighted by molar-refractivity contribution is 7.18. The van der Waals surface area contributed by atoms with E-state index in [0.717, 1.165) is 16.1 Å². The summed E-state index contributed by atoms with van der Waals surface area (Å²) in [4.78, 5) is 12.0. The highest BCUT2D eigenvalue weighted by atomic mass is 32.1. The van der Waals surface area contributed by atoms with Gasteiger partial charge in [-0.25, -0.2) is 0 Å². The fourth-order valence-corrected chi connectivity index (χ4v) is 2.47. The van der Waals surface area contributed by atoms with Crippen molar-refractivity contribution in [3.8, 4) is 10.6 Å². The van der Waals surface area contributed by atoms with Gasteiger partial charge < -0.3 is 4.42 Å². The molecule has 100 valence electrons. The first-order valence-corrected chi connectivity index (χ1v) is 6.80. The van der Waals surface area contributed by atoms with Gasteiger partial charge in [-0.1, -0.05) is 41.7 Å². The number of amides is 1. The lowest BCUT2D eigenvalue weighted by molar-refractivity contribution is 0.0996. The number of nitrogens with one attached hydrogen (secondary N) is 1. The lowest BCUT2D eigenvalue weighted by Gasteiger charge is -1.98. The van der Waals surface area contributed by atoms with E-state index in [2.05, 4.69) is 15.5 Å². The summed E-state index contributed by atoms with van der Waals surface area (Å²) in [6.07, 6.45) is 1.49. The monoisotopic (exact) mass is 285 g/mol. The number of aryl methyl sites for hydroxylation is 1. The Bertz CT molecular complexity index is 734. The molecule has 1 N–H and O–H groups in total. The predicted molar refractivity (Wildman–Crippen MR) is 76.7 cm³/mol. The summed E-state index contributed by atoms with van der Waals surface area (Å²) in [5, 5.41) is 11.9. The van der Waals surface area contributed by atoms with Crippen molar-refractivity contribution in [2.45, 2.75) is 6.92 Å². The van der Waals surface area contributed by atoms with Gasteiger partial charge in [0.15, 0.2) is 5.76 Å². The number of benzene rings is 1. The second-order valence-electron chi connectivity index (χ2n) is 4.17. The van der Waals surface area contributed by atoms with Crippen molar-refractivity contribution < 1.29 is 9.21 Å². The zero-order chi connectivity index (χ0) is 13.9. The molecular formula is C14H11N3O2S. The summed E-state index contributed by atoms with van der Waals surface area (Å²) in [6, 6.07) is 11.4. The average Bonchev–Trinajstić information content (AvgIpc) is 3.09. The fourth-order valence-electron chi connectivity index (χ4n) is 1.73. The van der Waals surface area contributed by atoms with Crippen LogP contribution in [0.2, 0.25) is 0 Å². The van der Waals surface area contributed by atoms with E-state index in [1.807, 2.05) is 37.3 Å². The van der Waals surface area contributed by atoms with E-state index in [0.29, 0.717) is 10.9 Å². The number of nitrogens with zero attached hydrogens (tertiary/aromatic N) is 2. The molecule has 0 unspecified atom stereocenters. The van der Waals surface area contributed by atoms with Crippen LogP contribution in [0.4, 0.5) is 5.13 Å². The van der Waals surface area contributed by atoms with Crippen LogP contribution in [-0.2, 0) is 0 Å². The molecule has 0 aliphatic carbocycles.